The second kappa shape index (κ2) is 4.13. The molecule has 0 spiro atoms. The van der Waals surface area contributed by atoms with E-state index in [4.69, 9.17) is 4.74 Å². The highest BCUT2D eigenvalue weighted by Crippen LogP contribution is 2.62. The van der Waals surface area contributed by atoms with Crippen molar-refractivity contribution in [3.05, 3.63) is 47.7 Å². The van der Waals surface area contributed by atoms with Crippen LogP contribution in [0.15, 0.2) is 42.2 Å². The third kappa shape index (κ3) is 1.67. The molecule has 19 heavy (non-hydrogen) atoms. The van der Waals surface area contributed by atoms with Crippen LogP contribution in [-0.4, -0.2) is 7.11 Å². The average molecular weight is 254 g/mol. The molecule has 0 aromatic heterocycles. The number of hydrogen-bond acceptors (Lipinski definition) is 1. The molecule has 0 N–H and O–H groups in total. The van der Waals surface area contributed by atoms with E-state index in [1.165, 1.54) is 32.1 Å². The lowest BCUT2D eigenvalue weighted by atomic mass is 9.46. The summed E-state index contributed by atoms with van der Waals surface area (Å²) in [5.41, 5.74) is 3.68. The Balaban J connectivity index is 1.73. The van der Waals surface area contributed by atoms with E-state index in [0.717, 1.165) is 17.8 Å². The summed E-state index contributed by atoms with van der Waals surface area (Å²) >= 11 is 0. The van der Waals surface area contributed by atoms with Crippen molar-refractivity contribution in [3.8, 4) is 0 Å². The molecular weight excluding hydrogens is 232 g/mol. The van der Waals surface area contributed by atoms with Gasteiger partial charge in [0, 0.05) is 0 Å². The molecule has 5 rings (SSSR count). The van der Waals surface area contributed by atoms with E-state index in [2.05, 4.69) is 36.6 Å². The van der Waals surface area contributed by atoms with Gasteiger partial charge in [0.2, 0.25) is 0 Å². The molecule has 0 saturated heterocycles. The van der Waals surface area contributed by atoms with Gasteiger partial charge in [0.15, 0.2) is 0 Å². The number of benzene rings is 1. The maximum Gasteiger partial charge on any atom is 0.0822 e. The molecule has 0 radical (unpaired) electrons. The fourth-order valence-electron chi connectivity index (χ4n) is 5.30. The first-order valence-corrected chi connectivity index (χ1v) is 7.59. The van der Waals surface area contributed by atoms with Crippen molar-refractivity contribution in [2.24, 2.45) is 17.8 Å². The summed E-state index contributed by atoms with van der Waals surface area (Å²) in [6.07, 6.45) is 8.98. The molecule has 100 valence electrons. The molecule has 0 aliphatic heterocycles. The second-order valence-corrected chi connectivity index (χ2v) is 6.84. The van der Waals surface area contributed by atoms with Gasteiger partial charge >= 0.3 is 0 Å². The summed E-state index contributed by atoms with van der Waals surface area (Å²) in [7, 11) is 1.80. The van der Waals surface area contributed by atoms with E-state index in [1.807, 2.05) is 0 Å². The smallest absolute Gasteiger partial charge is 0.0822 e. The van der Waals surface area contributed by atoms with Gasteiger partial charge in [-0.05, 0) is 66.4 Å². The summed E-state index contributed by atoms with van der Waals surface area (Å²) in [4.78, 5) is 0. The van der Waals surface area contributed by atoms with Crippen LogP contribution >= 0.6 is 0 Å². The van der Waals surface area contributed by atoms with Crippen LogP contribution in [0.2, 0.25) is 0 Å². The van der Waals surface area contributed by atoms with E-state index in [9.17, 15) is 0 Å². The van der Waals surface area contributed by atoms with Gasteiger partial charge in [-0.15, -0.1) is 0 Å². The second-order valence-electron chi connectivity index (χ2n) is 6.84. The summed E-state index contributed by atoms with van der Waals surface area (Å²) < 4.78 is 5.34. The van der Waals surface area contributed by atoms with E-state index < -0.39 is 0 Å². The Hall–Kier alpha value is -1.24. The molecule has 0 amide bonds. The van der Waals surface area contributed by atoms with Crippen LogP contribution in [0.4, 0.5) is 0 Å². The standard InChI is InChI=1S/C18H22O/c1-19-12-17-14-7-13-8-15(17)11-18(9-13,10-14)16-5-3-2-4-6-16/h2-6,12-15H,7-11H2,1H3/t13?,14-,15+,18?. The number of methoxy groups -OCH3 is 1. The van der Waals surface area contributed by atoms with Crippen molar-refractivity contribution in [2.45, 2.75) is 37.5 Å². The van der Waals surface area contributed by atoms with Crippen molar-refractivity contribution in [2.75, 3.05) is 7.11 Å². The van der Waals surface area contributed by atoms with Crippen molar-refractivity contribution < 1.29 is 4.74 Å². The lowest BCUT2D eigenvalue weighted by molar-refractivity contribution is 0.0367. The zero-order chi connectivity index (χ0) is 12.9. The lowest BCUT2D eigenvalue weighted by Crippen LogP contribution is -2.49. The van der Waals surface area contributed by atoms with Gasteiger partial charge in [0.1, 0.15) is 0 Å². The molecule has 4 bridgehead atoms. The predicted molar refractivity (Wildman–Crippen MR) is 76.8 cm³/mol. The first-order valence-electron chi connectivity index (χ1n) is 7.59. The summed E-state index contributed by atoms with van der Waals surface area (Å²) in [6.45, 7) is 0. The Labute approximate surface area is 115 Å². The quantitative estimate of drug-likeness (QED) is 0.715. The molecule has 4 aliphatic rings. The number of allylic oxidation sites excluding steroid dienone is 1. The Morgan fingerprint density at radius 1 is 1.05 bits per heavy atom. The van der Waals surface area contributed by atoms with Gasteiger partial charge < -0.3 is 4.74 Å². The minimum atomic E-state index is 0.475. The largest absolute Gasteiger partial charge is 0.504 e. The zero-order valence-corrected chi connectivity index (χ0v) is 11.6. The van der Waals surface area contributed by atoms with Gasteiger partial charge in [-0.2, -0.15) is 0 Å². The molecule has 1 heteroatoms. The highest BCUT2D eigenvalue weighted by atomic mass is 16.5. The van der Waals surface area contributed by atoms with Gasteiger partial charge in [-0.3, -0.25) is 0 Å². The van der Waals surface area contributed by atoms with Crippen molar-refractivity contribution in [1.82, 2.24) is 0 Å². The van der Waals surface area contributed by atoms with Gasteiger partial charge in [0.25, 0.3) is 0 Å². The first kappa shape index (κ1) is 11.6. The molecule has 1 aromatic carbocycles. The maximum absolute atomic E-state index is 5.34. The van der Waals surface area contributed by atoms with Gasteiger partial charge in [0.05, 0.1) is 13.4 Å². The van der Waals surface area contributed by atoms with Crippen LogP contribution in [0, 0.1) is 17.8 Å². The molecule has 0 heterocycles. The Bertz CT molecular complexity index is 484. The Kier molecular flexibility index (Phi) is 2.51. The number of rotatable bonds is 2. The lowest BCUT2D eigenvalue weighted by Gasteiger charge is -2.58. The monoisotopic (exact) mass is 254 g/mol. The Morgan fingerprint density at radius 2 is 1.74 bits per heavy atom. The highest BCUT2D eigenvalue weighted by Gasteiger charge is 2.53. The number of ether oxygens (including phenoxy) is 1. The van der Waals surface area contributed by atoms with Crippen LogP contribution in [-0.2, 0) is 10.2 Å². The SMILES string of the molecule is COC=C1[C@@H]2CC3C[C@H]1CC(c1ccccc1)(C3)C2. The van der Waals surface area contributed by atoms with Crippen molar-refractivity contribution in [1.29, 1.82) is 0 Å². The minimum Gasteiger partial charge on any atom is -0.504 e. The van der Waals surface area contributed by atoms with Crippen molar-refractivity contribution in [3.63, 3.8) is 0 Å². The van der Waals surface area contributed by atoms with Gasteiger partial charge in [-0.1, -0.05) is 30.3 Å². The molecule has 1 nitrogen and oxygen atoms in total. The summed E-state index contributed by atoms with van der Waals surface area (Å²) in [6, 6.07) is 11.3. The molecule has 4 fully saturated rings. The Morgan fingerprint density at radius 3 is 2.37 bits per heavy atom. The van der Waals surface area contributed by atoms with Gasteiger partial charge in [-0.25, -0.2) is 0 Å². The predicted octanol–water partition coefficient (Wildman–Crippen LogP) is 4.29. The normalized spacial score (nSPS) is 41.7. The van der Waals surface area contributed by atoms with Crippen molar-refractivity contribution >= 4 is 0 Å². The zero-order valence-electron chi connectivity index (χ0n) is 11.6. The molecular formula is C18H22O. The van der Waals surface area contributed by atoms with Crippen LogP contribution in [0.5, 0.6) is 0 Å². The molecule has 4 atom stereocenters. The van der Waals surface area contributed by atoms with Crippen LogP contribution < -0.4 is 0 Å². The maximum atomic E-state index is 5.34. The van der Waals surface area contributed by atoms with E-state index in [0.29, 0.717) is 5.41 Å². The third-order valence-electron chi connectivity index (χ3n) is 5.77. The number of hydrogen-bond donors (Lipinski definition) is 0. The third-order valence-corrected chi connectivity index (χ3v) is 5.77. The van der Waals surface area contributed by atoms with E-state index in [1.54, 1.807) is 18.2 Å². The summed E-state index contributed by atoms with van der Waals surface area (Å²) in [5.74, 6) is 2.52. The average Bonchev–Trinajstić information content (AvgIpc) is 2.43. The van der Waals surface area contributed by atoms with Crippen LogP contribution in [0.25, 0.3) is 0 Å². The molecule has 2 unspecified atom stereocenters. The van der Waals surface area contributed by atoms with E-state index in [-0.39, 0.29) is 0 Å². The molecule has 4 saturated carbocycles. The molecule has 1 aromatic rings. The first-order chi connectivity index (χ1) is 9.31. The van der Waals surface area contributed by atoms with E-state index >= 15 is 0 Å². The fraction of sp³-hybridized carbons (Fsp3) is 0.556. The van der Waals surface area contributed by atoms with Crippen LogP contribution in [0.1, 0.15) is 37.7 Å². The fourth-order valence-corrected chi connectivity index (χ4v) is 5.30. The minimum absolute atomic E-state index is 0.475. The highest BCUT2D eigenvalue weighted by molar-refractivity contribution is 5.34. The molecule has 4 aliphatic carbocycles. The topological polar surface area (TPSA) is 9.23 Å². The summed E-state index contributed by atoms with van der Waals surface area (Å²) in [5, 5.41) is 0. The van der Waals surface area contributed by atoms with Crippen LogP contribution in [0.3, 0.4) is 0 Å².